The molecule has 0 saturated carbocycles. The normalized spacial score (nSPS) is 10.9. The van der Waals surface area contributed by atoms with Crippen molar-refractivity contribution in [3.63, 3.8) is 0 Å². The molecule has 0 aliphatic carbocycles. The summed E-state index contributed by atoms with van der Waals surface area (Å²) in [6, 6.07) is 10.1. The number of aliphatic carboxylic acids is 1. The Morgan fingerprint density at radius 2 is 1.65 bits per heavy atom. The van der Waals surface area contributed by atoms with E-state index in [9.17, 15) is 23.7 Å². The highest BCUT2D eigenvalue weighted by Crippen LogP contribution is 2.34. The Morgan fingerprint density at radius 1 is 1.09 bits per heavy atom. The number of non-ortho nitro benzene ring substituents is 1. The van der Waals surface area contributed by atoms with Crippen molar-refractivity contribution in [2.75, 3.05) is 0 Å². The summed E-state index contributed by atoms with van der Waals surface area (Å²) in [5.74, 6) is -2.96. The van der Waals surface area contributed by atoms with Crippen LogP contribution in [-0.4, -0.2) is 22.1 Å². The number of halogens is 2. The molecule has 0 radical (unpaired) electrons. The molecule has 120 valence electrons. The zero-order chi connectivity index (χ0) is 17.0. The van der Waals surface area contributed by atoms with Crippen LogP contribution in [0.5, 0.6) is 17.2 Å². The summed E-state index contributed by atoms with van der Waals surface area (Å²) in [5, 5.41) is 18.9. The third-order valence-corrected chi connectivity index (χ3v) is 2.61. The third-order valence-electron chi connectivity index (χ3n) is 2.61. The lowest BCUT2D eigenvalue weighted by Crippen LogP contribution is -2.34. The molecule has 1 N–H and O–H groups in total. The Hall–Kier alpha value is -3.23. The van der Waals surface area contributed by atoms with E-state index in [2.05, 4.69) is 4.74 Å². The van der Waals surface area contributed by atoms with Gasteiger partial charge >= 0.3 is 12.1 Å². The lowest BCUT2D eigenvalue weighted by Gasteiger charge is -2.16. The van der Waals surface area contributed by atoms with E-state index >= 15 is 0 Å². The highest BCUT2D eigenvalue weighted by Gasteiger charge is 2.43. The van der Waals surface area contributed by atoms with Gasteiger partial charge in [-0.1, -0.05) is 12.1 Å². The first-order valence-electron chi connectivity index (χ1n) is 6.11. The number of carbonyl (C=O) groups is 1. The van der Waals surface area contributed by atoms with Gasteiger partial charge in [-0.3, -0.25) is 10.1 Å². The molecule has 0 amide bonds. The van der Waals surface area contributed by atoms with Gasteiger partial charge in [0.25, 0.3) is 5.69 Å². The number of nitro benzene ring substituents is 1. The number of nitrogens with zero attached hydrogens (tertiary/aromatic N) is 1. The summed E-state index contributed by atoms with van der Waals surface area (Å²) in [5.41, 5.74) is -0.167. The van der Waals surface area contributed by atoms with Crippen molar-refractivity contribution in [2.45, 2.75) is 6.11 Å². The predicted octanol–water partition coefficient (Wildman–Crippen LogP) is 3.44. The third kappa shape index (κ3) is 3.90. The number of para-hydroxylation sites is 2. The van der Waals surface area contributed by atoms with Crippen molar-refractivity contribution in [1.29, 1.82) is 0 Å². The van der Waals surface area contributed by atoms with Gasteiger partial charge in [-0.05, 0) is 24.3 Å². The van der Waals surface area contributed by atoms with Gasteiger partial charge in [0.05, 0.1) is 4.92 Å². The molecular formula is C14H9F2NO6. The van der Waals surface area contributed by atoms with Crippen molar-refractivity contribution in [3.8, 4) is 17.2 Å². The highest BCUT2D eigenvalue weighted by atomic mass is 19.3. The van der Waals surface area contributed by atoms with E-state index < -0.39 is 22.8 Å². The van der Waals surface area contributed by atoms with Crippen LogP contribution in [0.1, 0.15) is 0 Å². The molecule has 0 unspecified atom stereocenters. The monoisotopic (exact) mass is 325 g/mol. The number of alkyl halides is 2. The fraction of sp³-hybridized carbons (Fsp3) is 0.0714. The average molecular weight is 325 g/mol. The quantitative estimate of drug-likeness (QED) is 0.645. The van der Waals surface area contributed by atoms with E-state index in [1.807, 2.05) is 0 Å². The summed E-state index contributed by atoms with van der Waals surface area (Å²) >= 11 is 0. The maximum Gasteiger partial charge on any atom is 0.502 e. The first kappa shape index (κ1) is 16.1. The second-order valence-corrected chi connectivity index (χ2v) is 4.22. The van der Waals surface area contributed by atoms with Crippen LogP contribution < -0.4 is 9.47 Å². The molecule has 2 aromatic carbocycles. The van der Waals surface area contributed by atoms with Crippen LogP contribution in [0.3, 0.4) is 0 Å². The van der Waals surface area contributed by atoms with Crippen molar-refractivity contribution in [2.24, 2.45) is 0 Å². The second kappa shape index (κ2) is 6.26. The van der Waals surface area contributed by atoms with Crippen LogP contribution in [0.4, 0.5) is 14.5 Å². The molecule has 0 aliphatic rings. The Morgan fingerprint density at radius 3 is 2.17 bits per heavy atom. The van der Waals surface area contributed by atoms with E-state index in [4.69, 9.17) is 9.84 Å². The number of nitro groups is 1. The van der Waals surface area contributed by atoms with Crippen molar-refractivity contribution >= 4 is 11.7 Å². The lowest BCUT2D eigenvalue weighted by atomic mass is 10.3. The Balaban J connectivity index is 2.23. The molecule has 0 fully saturated rings. The van der Waals surface area contributed by atoms with Crippen molar-refractivity contribution in [1.82, 2.24) is 0 Å². The Bertz CT molecular complexity index is 732. The van der Waals surface area contributed by atoms with Crippen LogP contribution in [0.25, 0.3) is 0 Å². The summed E-state index contributed by atoms with van der Waals surface area (Å²) in [6.07, 6.45) is -4.42. The summed E-state index contributed by atoms with van der Waals surface area (Å²) in [6.45, 7) is 0. The van der Waals surface area contributed by atoms with Gasteiger partial charge in [0.2, 0.25) is 0 Å². The standard InChI is InChI=1S/C14H9F2NO6/c15-14(16,13(18)19)23-12-4-2-1-3-11(12)22-10-7-5-9(6-8-10)17(20)21/h1-8H,(H,18,19). The molecule has 2 rings (SSSR count). The van der Waals surface area contributed by atoms with Gasteiger partial charge in [0.1, 0.15) is 5.75 Å². The number of rotatable bonds is 6. The average Bonchev–Trinajstić information content (AvgIpc) is 2.49. The molecule has 0 heterocycles. The van der Waals surface area contributed by atoms with Crippen molar-refractivity contribution < 1.29 is 33.1 Å². The first-order valence-corrected chi connectivity index (χ1v) is 6.11. The molecule has 0 aromatic heterocycles. The number of carboxylic acids is 1. The lowest BCUT2D eigenvalue weighted by molar-refractivity contribution is -0.384. The largest absolute Gasteiger partial charge is 0.502 e. The molecule has 0 aliphatic heterocycles. The van der Waals surface area contributed by atoms with Gasteiger partial charge < -0.3 is 14.6 Å². The molecule has 0 bridgehead atoms. The van der Waals surface area contributed by atoms with E-state index in [-0.39, 0.29) is 17.2 Å². The minimum absolute atomic E-state index is 0.130. The fourth-order valence-electron chi connectivity index (χ4n) is 1.56. The maximum absolute atomic E-state index is 13.1. The topological polar surface area (TPSA) is 98.9 Å². The van der Waals surface area contributed by atoms with Crippen molar-refractivity contribution in [3.05, 3.63) is 58.6 Å². The molecule has 2 aromatic rings. The first-order chi connectivity index (χ1) is 10.8. The van der Waals surface area contributed by atoms with E-state index in [1.54, 1.807) is 0 Å². The number of benzene rings is 2. The van der Waals surface area contributed by atoms with Gasteiger partial charge in [0.15, 0.2) is 11.5 Å². The van der Waals surface area contributed by atoms with Crippen LogP contribution in [0.15, 0.2) is 48.5 Å². The van der Waals surface area contributed by atoms with Gasteiger partial charge in [-0.25, -0.2) is 4.79 Å². The minimum Gasteiger partial charge on any atom is -0.474 e. The zero-order valence-corrected chi connectivity index (χ0v) is 11.3. The molecule has 7 nitrogen and oxygen atoms in total. The highest BCUT2D eigenvalue weighted by molar-refractivity contribution is 5.74. The number of hydrogen-bond acceptors (Lipinski definition) is 5. The Labute approximate surface area is 127 Å². The Kier molecular flexibility index (Phi) is 4.39. The second-order valence-electron chi connectivity index (χ2n) is 4.22. The molecule has 9 heteroatoms. The maximum atomic E-state index is 13.1. The van der Waals surface area contributed by atoms with E-state index in [0.717, 1.165) is 6.07 Å². The summed E-state index contributed by atoms with van der Waals surface area (Å²) in [4.78, 5) is 20.4. The van der Waals surface area contributed by atoms with Crippen LogP contribution in [0, 0.1) is 10.1 Å². The van der Waals surface area contributed by atoms with Crippen LogP contribution >= 0.6 is 0 Å². The SMILES string of the molecule is O=C(O)C(F)(F)Oc1ccccc1Oc1ccc([N+](=O)[O-])cc1. The minimum atomic E-state index is -4.42. The fourth-order valence-corrected chi connectivity index (χ4v) is 1.56. The smallest absolute Gasteiger partial charge is 0.474 e. The summed E-state index contributed by atoms with van der Waals surface area (Å²) in [7, 11) is 0. The zero-order valence-electron chi connectivity index (χ0n) is 11.3. The number of carboxylic acid groups (broad SMARTS) is 1. The molecule has 23 heavy (non-hydrogen) atoms. The van der Waals surface area contributed by atoms with Gasteiger partial charge in [-0.15, -0.1) is 0 Å². The molecule has 0 saturated heterocycles. The van der Waals surface area contributed by atoms with Gasteiger partial charge in [-0.2, -0.15) is 8.78 Å². The molecular weight excluding hydrogens is 316 g/mol. The predicted molar refractivity (Wildman–Crippen MR) is 72.8 cm³/mol. The van der Waals surface area contributed by atoms with Crippen LogP contribution in [-0.2, 0) is 4.79 Å². The molecule has 0 spiro atoms. The molecule has 0 atom stereocenters. The van der Waals surface area contributed by atoms with Crippen LogP contribution in [0.2, 0.25) is 0 Å². The number of hydrogen-bond donors (Lipinski definition) is 1. The van der Waals surface area contributed by atoms with E-state index in [1.165, 1.54) is 42.5 Å². The van der Waals surface area contributed by atoms with Gasteiger partial charge in [0, 0.05) is 12.1 Å². The number of ether oxygens (including phenoxy) is 2. The van der Waals surface area contributed by atoms with E-state index in [0.29, 0.717) is 0 Å². The summed E-state index contributed by atoms with van der Waals surface area (Å²) < 4.78 is 35.7.